The molecule has 3 heterocycles. The lowest BCUT2D eigenvalue weighted by Crippen LogP contribution is -2.39. The van der Waals surface area contributed by atoms with Gasteiger partial charge in [-0.1, -0.05) is 18.2 Å². The van der Waals surface area contributed by atoms with Crippen molar-refractivity contribution < 1.29 is 38.7 Å². The van der Waals surface area contributed by atoms with Gasteiger partial charge in [0.15, 0.2) is 0 Å². The molecule has 2 N–H and O–H groups in total. The van der Waals surface area contributed by atoms with Crippen LogP contribution in [-0.2, 0) is 28.5 Å². The fraction of sp³-hybridized carbons (Fsp3) is 0.545. The Hall–Kier alpha value is -2.42. The van der Waals surface area contributed by atoms with Crippen LogP contribution < -0.4 is 0 Å². The first kappa shape index (κ1) is 22.3. The standard InChI is InChI=1S/C22H28O8/c1-12(2)13-6-7-15-18(23)17(29-19(15)24)11-21(3,26)10-14-8-16(20(25)27-4)22(9-13,28-5)30-14/h7-8,10,13,17-18,23,26H,1,6,9,11H2,2-5H3. The number of aliphatic hydroxyl groups is 2. The molecular weight excluding hydrogens is 392 g/mol. The van der Waals surface area contributed by atoms with E-state index in [-0.39, 0.29) is 35.7 Å². The smallest absolute Gasteiger partial charge is 0.340 e. The van der Waals surface area contributed by atoms with Crippen LogP contribution in [0.3, 0.4) is 0 Å². The Kier molecular flexibility index (Phi) is 5.95. The highest BCUT2D eigenvalue weighted by Gasteiger charge is 2.49. The number of methoxy groups -OCH3 is 2. The van der Waals surface area contributed by atoms with Gasteiger partial charge in [-0.3, -0.25) is 0 Å². The summed E-state index contributed by atoms with van der Waals surface area (Å²) in [5.41, 5.74) is -0.399. The summed E-state index contributed by atoms with van der Waals surface area (Å²) in [6, 6.07) is 0. The number of esters is 2. The van der Waals surface area contributed by atoms with Gasteiger partial charge in [-0.05, 0) is 38.3 Å². The molecule has 3 aliphatic heterocycles. The highest BCUT2D eigenvalue weighted by Crippen LogP contribution is 2.43. The van der Waals surface area contributed by atoms with E-state index >= 15 is 0 Å². The van der Waals surface area contributed by atoms with Gasteiger partial charge in [-0.25, -0.2) is 9.59 Å². The summed E-state index contributed by atoms with van der Waals surface area (Å²) in [6.45, 7) is 7.35. The molecule has 5 unspecified atom stereocenters. The van der Waals surface area contributed by atoms with E-state index < -0.39 is 35.5 Å². The number of ether oxygens (including phenoxy) is 4. The number of allylic oxidation sites excluding steroid dienone is 3. The van der Waals surface area contributed by atoms with E-state index in [9.17, 15) is 19.8 Å². The number of hydrogen-bond acceptors (Lipinski definition) is 8. The number of fused-ring (bicyclic) bond motifs is 4. The Bertz CT molecular complexity index is 849. The molecule has 1 saturated heterocycles. The SMILES string of the molecule is C=C(C)C1CC=C2C(=O)OC(CC(C)(O)C=C3C=C(C(=O)OC)C(OC)(C1)O3)C2O. The second-order valence-corrected chi connectivity index (χ2v) is 8.25. The summed E-state index contributed by atoms with van der Waals surface area (Å²) >= 11 is 0. The van der Waals surface area contributed by atoms with Gasteiger partial charge >= 0.3 is 11.9 Å². The molecule has 0 aliphatic carbocycles. The lowest BCUT2D eigenvalue weighted by atomic mass is 9.86. The van der Waals surface area contributed by atoms with E-state index in [1.165, 1.54) is 33.3 Å². The molecule has 1 fully saturated rings. The summed E-state index contributed by atoms with van der Waals surface area (Å²) in [5, 5.41) is 21.4. The van der Waals surface area contributed by atoms with Crippen LogP contribution in [0.4, 0.5) is 0 Å². The third-order valence-electron chi connectivity index (χ3n) is 5.78. The number of rotatable bonds is 3. The van der Waals surface area contributed by atoms with Gasteiger partial charge in [-0.2, -0.15) is 0 Å². The minimum atomic E-state index is -1.50. The zero-order valence-corrected chi connectivity index (χ0v) is 17.6. The van der Waals surface area contributed by atoms with Crippen molar-refractivity contribution >= 4 is 11.9 Å². The minimum absolute atomic E-state index is 0.0601. The topological polar surface area (TPSA) is 112 Å². The van der Waals surface area contributed by atoms with Crippen molar-refractivity contribution in [2.45, 2.75) is 56.7 Å². The number of carbonyl (C=O) groups excluding carboxylic acids is 2. The molecule has 0 amide bonds. The predicted molar refractivity (Wildman–Crippen MR) is 106 cm³/mol. The van der Waals surface area contributed by atoms with Crippen LogP contribution in [0.2, 0.25) is 0 Å². The Morgan fingerprint density at radius 3 is 2.63 bits per heavy atom. The number of aliphatic hydroxyl groups excluding tert-OH is 1. The molecular formula is C22H28O8. The lowest BCUT2D eigenvalue weighted by Gasteiger charge is -2.33. The van der Waals surface area contributed by atoms with Gasteiger partial charge in [0.05, 0.1) is 18.3 Å². The molecule has 3 aliphatic rings. The maximum Gasteiger partial charge on any atom is 0.340 e. The van der Waals surface area contributed by atoms with E-state index in [0.717, 1.165) is 5.57 Å². The fourth-order valence-corrected chi connectivity index (χ4v) is 4.08. The molecule has 30 heavy (non-hydrogen) atoms. The fourth-order valence-electron chi connectivity index (χ4n) is 4.08. The maximum absolute atomic E-state index is 12.5. The van der Waals surface area contributed by atoms with Gasteiger partial charge < -0.3 is 29.2 Å². The number of carbonyl (C=O) groups is 2. The molecule has 8 heteroatoms. The molecule has 0 saturated carbocycles. The molecule has 4 bridgehead atoms. The van der Waals surface area contributed by atoms with Crippen molar-refractivity contribution in [3.8, 4) is 0 Å². The molecule has 0 aromatic heterocycles. The summed E-state index contributed by atoms with van der Waals surface area (Å²) in [5.74, 6) is -2.69. The Morgan fingerprint density at radius 1 is 1.33 bits per heavy atom. The molecule has 164 valence electrons. The molecule has 3 rings (SSSR count). The van der Waals surface area contributed by atoms with Gasteiger partial charge in [0.25, 0.3) is 0 Å². The quantitative estimate of drug-likeness (QED) is 0.524. The Balaban J connectivity index is 2.13. The largest absolute Gasteiger partial charge is 0.465 e. The van der Waals surface area contributed by atoms with E-state index in [2.05, 4.69) is 6.58 Å². The highest BCUT2D eigenvalue weighted by atomic mass is 16.7. The first-order valence-electron chi connectivity index (χ1n) is 9.76. The molecule has 8 nitrogen and oxygen atoms in total. The van der Waals surface area contributed by atoms with Crippen LogP contribution in [0.15, 0.2) is 47.3 Å². The summed E-state index contributed by atoms with van der Waals surface area (Å²) in [4.78, 5) is 24.7. The van der Waals surface area contributed by atoms with Crippen LogP contribution in [-0.4, -0.2) is 60.0 Å². The van der Waals surface area contributed by atoms with Gasteiger partial charge in [-0.15, -0.1) is 0 Å². The Morgan fingerprint density at radius 2 is 2.03 bits per heavy atom. The average molecular weight is 420 g/mol. The van der Waals surface area contributed by atoms with Crippen LogP contribution in [0.5, 0.6) is 0 Å². The van der Waals surface area contributed by atoms with Gasteiger partial charge in [0, 0.05) is 20.0 Å². The average Bonchev–Trinajstić information content (AvgIpc) is 3.14. The molecule has 0 spiro atoms. The summed E-state index contributed by atoms with van der Waals surface area (Å²) in [7, 11) is 2.69. The lowest BCUT2D eigenvalue weighted by molar-refractivity contribution is -0.178. The van der Waals surface area contributed by atoms with E-state index in [0.29, 0.717) is 6.42 Å². The monoisotopic (exact) mass is 420 g/mol. The van der Waals surface area contributed by atoms with E-state index in [4.69, 9.17) is 18.9 Å². The number of hydrogen-bond donors (Lipinski definition) is 2. The van der Waals surface area contributed by atoms with Crippen molar-refractivity contribution in [1.29, 1.82) is 0 Å². The zero-order valence-electron chi connectivity index (χ0n) is 17.6. The van der Waals surface area contributed by atoms with Crippen molar-refractivity contribution in [2.24, 2.45) is 5.92 Å². The summed E-state index contributed by atoms with van der Waals surface area (Å²) in [6.07, 6.45) is 2.94. The summed E-state index contributed by atoms with van der Waals surface area (Å²) < 4.78 is 21.9. The van der Waals surface area contributed by atoms with Crippen LogP contribution in [0.1, 0.15) is 33.1 Å². The maximum atomic E-state index is 12.5. The first-order valence-corrected chi connectivity index (χ1v) is 9.76. The van der Waals surface area contributed by atoms with E-state index in [1.54, 1.807) is 6.08 Å². The second-order valence-electron chi connectivity index (χ2n) is 8.25. The van der Waals surface area contributed by atoms with E-state index in [1.807, 2.05) is 6.92 Å². The van der Waals surface area contributed by atoms with Crippen LogP contribution in [0, 0.1) is 5.92 Å². The Labute approximate surface area is 175 Å². The van der Waals surface area contributed by atoms with Crippen molar-refractivity contribution in [1.82, 2.24) is 0 Å². The molecule has 5 atom stereocenters. The second kappa shape index (κ2) is 8.02. The highest BCUT2D eigenvalue weighted by molar-refractivity contribution is 5.92. The van der Waals surface area contributed by atoms with Crippen molar-refractivity contribution in [3.63, 3.8) is 0 Å². The zero-order chi connectivity index (χ0) is 22.3. The normalized spacial score (nSPS) is 36.1. The van der Waals surface area contributed by atoms with Crippen molar-refractivity contribution in [3.05, 3.63) is 47.3 Å². The third kappa shape index (κ3) is 4.08. The molecule has 0 aromatic rings. The first-order chi connectivity index (χ1) is 14.0. The van der Waals surface area contributed by atoms with Gasteiger partial charge in [0.2, 0.25) is 5.79 Å². The van der Waals surface area contributed by atoms with Crippen LogP contribution >= 0.6 is 0 Å². The minimum Gasteiger partial charge on any atom is -0.465 e. The molecule has 0 radical (unpaired) electrons. The van der Waals surface area contributed by atoms with Crippen molar-refractivity contribution in [2.75, 3.05) is 14.2 Å². The van der Waals surface area contributed by atoms with Crippen LogP contribution in [0.25, 0.3) is 0 Å². The predicted octanol–water partition coefficient (Wildman–Crippen LogP) is 1.68. The molecule has 0 aromatic carbocycles. The third-order valence-corrected chi connectivity index (χ3v) is 5.78. The van der Waals surface area contributed by atoms with Gasteiger partial charge in [0.1, 0.15) is 23.5 Å².